The minimum atomic E-state index is -0.559. The van der Waals surface area contributed by atoms with E-state index >= 15 is 0 Å². The first-order valence-corrected chi connectivity index (χ1v) is 7.25. The molecule has 2 aromatic heterocycles. The van der Waals surface area contributed by atoms with Gasteiger partial charge >= 0.3 is 0 Å². The molecule has 3 rings (SSSR count). The minimum absolute atomic E-state index is 0.00290. The number of rotatable bonds is 3. The maximum atomic E-state index is 13.7. The molecule has 0 N–H and O–H groups in total. The van der Waals surface area contributed by atoms with Crippen LogP contribution >= 0.6 is 11.3 Å². The number of pyridine rings is 1. The summed E-state index contributed by atoms with van der Waals surface area (Å²) >= 11 is 1.24. The standard InChI is InChI=1S/C15H11FN4OS/c1-20(14(21)11-6-2-3-7-12(11)16)15-19-18-13(22-15)10-5-4-8-17-9-10/h2-9H,1H3. The SMILES string of the molecule is CN(C(=O)c1ccccc1F)c1nnc(-c2cccnc2)s1. The Bertz CT molecular complexity index is 806. The zero-order valence-corrected chi connectivity index (χ0v) is 12.4. The Morgan fingerprint density at radius 3 is 2.73 bits per heavy atom. The van der Waals surface area contributed by atoms with Crippen molar-refractivity contribution >= 4 is 22.4 Å². The summed E-state index contributed by atoms with van der Waals surface area (Å²) in [4.78, 5) is 17.6. The Labute approximate surface area is 130 Å². The Kier molecular flexibility index (Phi) is 3.88. The summed E-state index contributed by atoms with van der Waals surface area (Å²) in [5, 5.41) is 9.08. The lowest BCUT2D eigenvalue weighted by molar-refractivity contribution is 0.0989. The highest BCUT2D eigenvalue weighted by molar-refractivity contribution is 7.18. The lowest BCUT2D eigenvalue weighted by Crippen LogP contribution is -2.26. The molecule has 0 aliphatic carbocycles. The summed E-state index contributed by atoms with van der Waals surface area (Å²) < 4.78 is 13.7. The van der Waals surface area contributed by atoms with Crippen LogP contribution in [0.5, 0.6) is 0 Å². The van der Waals surface area contributed by atoms with E-state index in [1.54, 1.807) is 31.6 Å². The van der Waals surface area contributed by atoms with Gasteiger partial charge in [-0.1, -0.05) is 23.5 Å². The fraction of sp³-hybridized carbons (Fsp3) is 0.0667. The van der Waals surface area contributed by atoms with Crippen LogP contribution in [-0.4, -0.2) is 28.1 Å². The second-order valence-electron chi connectivity index (χ2n) is 4.48. The fourth-order valence-electron chi connectivity index (χ4n) is 1.86. The highest BCUT2D eigenvalue weighted by Crippen LogP contribution is 2.28. The van der Waals surface area contributed by atoms with Crippen LogP contribution in [0.25, 0.3) is 10.6 Å². The molecule has 0 bridgehead atoms. The van der Waals surface area contributed by atoms with E-state index in [0.717, 1.165) is 5.56 Å². The highest BCUT2D eigenvalue weighted by atomic mass is 32.1. The quantitative estimate of drug-likeness (QED) is 0.745. The number of hydrogen-bond donors (Lipinski definition) is 0. The average Bonchev–Trinajstić information content (AvgIpc) is 3.05. The van der Waals surface area contributed by atoms with Crippen LogP contribution in [0.1, 0.15) is 10.4 Å². The van der Waals surface area contributed by atoms with E-state index in [0.29, 0.717) is 10.1 Å². The number of anilines is 1. The molecule has 0 radical (unpaired) electrons. The van der Waals surface area contributed by atoms with Crippen LogP contribution in [0.4, 0.5) is 9.52 Å². The van der Waals surface area contributed by atoms with E-state index in [9.17, 15) is 9.18 Å². The Balaban J connectivity index is 1.87. The number of halogens is 1. The van der Waals surface area contributed by atoms with Crippen molar-refractivity contribution in [2.75, 3.05) is 11.9 Å². The molecular formula is C15H11FN4OS. The van der Waals surface area contributed by atoms with E-state index in [2.05, 4.69) is 15.2 Å². The molecule has 0 saturated heterocycles. The van der Waals surface area contributed by atoms with Crippen LogP contribution in [0.3, 0.4) is 0 Å². The summed E-state index contributed by atoms with van der Waals surface area (Å²) in [7, 11) is 1.54. The number of carbonyl (C=O) groups excluding carboxylic acids is 1. The van der Waals surface area contributed by atoms with Gasteiger partial charge in [-0.2, -0.15) is 0 Å². The van der Waals surface area contributed by atoms with Crippen LogP contribution in [0.2, 0.25) is 0 Å². The van der Waals surface area contributed by atoms with Crippen LogP contribution < -0.4 is 4.90 Å². The predicted octanol–water partition coefficient (Wildman–Crippen LogP) is 3.02. The van der Waals surface area contributed by atoms with E-state index in [1.165, 1.54) is 34.4 Å². The van der Waals surface area contributed by atoms with Crippen molar-refractivity contribution in [3.8, 4) is 10.6 Å². The Morgan fingerprint density at radius 1 is 1.18 bits per heavy atom. The molecule has 0 aliphatic heterocycles. The van der Waals surface area contributed by atoms with Gasteiger partial charge in [0.1, 0.15) is 5.82 Å². The number of aromatic nitrogens is 3. The molecule has 0 fully saturated rings. The smallest absolute Gasteiger partial charge is 0.262 e. The van der Waals surface area contributed by atoms with Crippen LogP contribution in [-0.2, 0) is 0 Å². The lowest BCUT2D eigenvalue weighted by atomic mass is 10.2. The molecule has 7 heteroatoms. The molecule has 2 heterocycles. The molecule has 5 nitrogen and oxygen atoms in total. The molecule has 110 valence electrons. The summed E-state index contributed by atoms with van der Waals surface area (Å²) in [6.07, 6.45) is 3.34. The minimum Gasteiger partial charge on any atom is -0.286 e. The normalized spacial score (nSPS) is 10.5. The van der Waals surface area contributed by atoms with Gasteiger partial charge in [0.05, 0.1) is 5.56 Å². The van der Waals surface area contributed by atoms with E-state index in [4.69, 9.17) is 0 Å². The summed E-state index contributed by atoms with van der Waals surface area (Å²) in [6, 6.07) is 9.50. The van der Waals surface area contributed by atoms with Gasteiger partial charge < -0.3 is 0 Å². The molecule has 3 aromatic rings. The van der Waals surface area contributed by atoms with Gasteiger partial charge in [-0.3, -0.25) is 14.7 Å². The average molecular weight is 314 g/mol. The van der Waals surface area contributed by atoms with Gasteiger partial charge in [0, 0.05) is 25.0 Å². The molecule has 22 heavy (non-hydrogen) atoms. The molecule has 0 aliphatic rings. The van der Waals surface area contributed by atoms with Crippen molar-refractivity contribution in [1.82, 2.24) is 15.2 Å². The van der Waals surface area contributed by atoms with Gasteiger partial charge in [-0.05, 0) is 24.3 Å². The molecule has 0 saturated carbocycles. The Hall–Kier alpha value is -2.67. The molecule has 0 unspecified atom stereocenters. The topological polar surface area (TPSA) is 59.0 Å². The maximum absolute atomic E-state index is 13.7. The highest BCUT2D eigenvalue weighted by Gasteiger charge is 2.20. The Morgan fingerprint density at radius 2 is 2.00 bits per heavy atom. The van der Waals surface area contributed by atoms with Crippen LogP contribution in [0.15, 0.2) is 48.8 Å². The lowest BCUT2D eigenvalue weighted by Gasteiger charge is -2.13. The van der Waals surface area contributed by atoms with Crippen molar-refractivity contribution in [2.24, 2.45) is 0 Å². The second kappa shape index (κ2) is 5.98. The first-order valence-electron chi connectivity index (χ1n) is 6.43. The zero-order chi connectivity index (χ0) is 15.5. The summed E-state index contributed by atoms with van der Waals surface area (Å²) in [5.41, 5.74) is 0.820. The largest absolute Gasteiger partial charge is 0.286 e. The summed E-state index contributed by atoms with van der Waals surface area (Å²) in [6.45, 7) is 0. The number of hydrogen-bond acceptors (Lipinski definition) is 5. The summed E-state index contributed by atoms with van der Waals surface area (Å²) in [5.74, 6) is -1.02. The first-order chi connectivity index (χ1) is 10.7. The van der Waals surface area contributed by atoms with Gasteiger partial charge in [0.2, 0.25) is 5.13 Å². The van der Waals surface area contributed by atoms with Gasteiger partial charge in [-0.25, -0.2) is 4.39 Å². The third-order valence-corrected chi connectivity index (χ3v) is 4.07. The van der Waals surface area contributed by atoms with E-state index in [-0.39, 0.29) is 5.56 Å². The monoisotopic (exact) mass is 314 g/mol. The molecule has 1 amide bonds. The second-order valence-corrected chi connectivity index (χ2v) is 5.43. The van der Waals surface area contributed by atoms with E-state index in [1.807, 2.05) is 6.07 Å². The van der Waals surface area contributed by atoms with Gasteiger partial charge in [0.15, 0.2) is 5.01 Å². The van der Waals surface area contributed by atoms with Gasteiger partial charge in [0.25, 0.3) is 5.91 Å². The number of nitrogens with zero attached hydrogens (tertiary/aromatic N) is 4. The maximum Gasteiger partial charge on any atom is 0.262 e. The molecule has 1 aromatic carbocycles. The third kappa shape index (κ3) is 2.71. The van der Waals surface area contributed by atoms with Gasteiger partial charge in [-0.15, -0.1) is 10.2 Å². The first kappa shape index (κ1) is 14.3. The van der Waals surface area contributed by atoms with Crippen molar-refractivity contribution in [3.05, 3.63) is 60.2 Å². The number of benzene rings is 1. The molecule has 0 spiro atoms. The zero-order valence-electron chi connectivity index (χ0n) is 11.6. The predicted molar refractivity (Wildman–Crippen MR) is 82.3 cm³/mol. The van der Waals surface area contributed by atoms with Crippen molar-refractivity contribution < 1.29 is 9.18 Å². The molecular weight excluding hydrogens is 303 g/mol. The van der Waals surface area contributed by atoms with E-state index < -0.39 is 11.7 Å². The van der Waals surface area contributed by atoms with Crippen molar-refractivity contribution in [2.45, 2.75) is 0 Å². The number of amides is 1. The third-order valence-electron chi connectivity index (χ3n) is 3.02. The van der Waals surface area contributed by atoms with Crippen molar-refractivity contribution in [3.63, 3.8) is 0 Å². The fourth-order valence-corrected chi connectivity index (χ4v) is 2.65. The molecule has 0 atom stereocenters. The van der Waals surface area contributed by atoms with Crippen LogP contribution in [0, 0.1) is 5.82 Å². The van der Waals surface area contributed by atoms with Crippen molar-refractivity contribution in [1.29, 1.82) is 0 Å². The number of carbonyl (C=O) groups is 1.